The van der Waals surface area contributed by atoms with Gasteiger partial charge in [-0.3, -0.25) is 4.79 Å². The van der Waals surface area contributed by atoms with Crippen molar-refractivity contribution in [3.05, 3.63) is 34.6 Å². The van der Waals surface area contributed by atoms with Crippen molar-refractivity contribution in [3.8, 4) is 0 Å². The second kappa shape index (κ2) is 7.23. The highest BCUT2D eigenvalue weighted by Gasteiger charge is 2.32. The zero-order chi connectivity index (χ0) is 15.4. The Kier molecular flexibility index (Phi) is 5.59. The lowest BCUT2D eigenvalue weighted by molar-refractivity contribution is -0.137. The van der Waals surface area contributed by atoms with Crippen LogP contribution in [0.3, 0.4) is 0 Å². The largest absolute Gasteiger partial charge is 0.341 e. The Balaban J connectivity index is 2.08. The molecular weight excluding hydrogens is 291 g/mol. The van der Waals surface area contributed by atoms with Crippen molar-refractivity contribution in [2.45, 2.75) is 32.2 Å². The molecule has 116 valence electrons. The molecule has 0 aromatic heterocycles. The third-order valence-corrected chi connectivity index (χ3v) is 4.72. The second-order valence-electron chi connectivity index (χ2n) is 5.78. The van der Waals surface area contributed by atoms with Gasteiger partial charge in [-0.1, -0.05) is 30.5 Å². The molecule has 0 spiro atoms. The van der Waals surface area contributed by atoms with Crippen LogP contribution in [0.2, 0.25) is 5.02 Å². The van der Waals surface area contributed by atoms with Crippen LogP contribution >= 0.6 is 11.6 Å². The van der Waals surface area contributed by atoms with E-state index in [0.717, 1.165) is 25.7 Å². The van der Waals surface area contributed by atoms with Gasteiger partial charge in [0.1, 0.15) is 5.82 Å². The number of amides is 1. The summed E-state index contributed by atoms with van der Waals surface area (Å²) in [6.45, 7) is 0.725. The van der Waals surface area contributed by atoms with Crippen LogP contribution in [0, 0.1) is 17.7 Å². The molecule has 5 heteroatoms. The summed E-state index contributed by atoms with van der Waals surface area (Å²) in [6, 6.07) is 4.57. The molecule has 0 heterocycles. The molecule has 1 aromatic rings. The van der Waals surface area contributed by atoms with E-state index >= 15 is 0 Å². The highest BCUT2D eigenvalue weighted by Crippen LogP contribution is 2.31. The standard InChI is InChI=1S/C16H22ClFN2O/c1-20(10-13-14(17)7-4-8-15(13)18)16(21)12-6-3-2-5-11(12)9-19/h4,7-8,11-12H,2-3,5-6,9-10,19H2,1H3. The molecule has 3 nitrogen and oxygen atoms in total. The summed E-state index contributed by atoms with van der Waals surface area (Å²) in [7, 11) is 1.70. The topological polar surface area (TPSA) is 46.3 Å². The second-order valence-corrected chi connectivity index (χ2v) is 6.19. The van der Waals surface area contributed by atoms with Crippen molar-refractivity contribution in [2.75, 3.05) is 13.6 Å². The minimum Gasteiger partial charge on any atom is -0.341 e. The van der Waals surface area contributed by atoms with Crippen LogP contribution < -0.4 is 5.73 Å². The van der Waals surface area contributed by atoms with E-state index in [1.807, 2.05) is 0 Å². The predicted molar refractivity (Wildman–Crippen MR) is 82.4 cm³/mol. The van der Waals surface area contributed by atoms with E-state index in [1.54, 1.807) is 24.1 Å². The number of hydrogen-bond acceptors (Lipinski definition) is 2. The van der Waals surface area contributed by atoms with E-state index in [2.05, 4.69) is 0 Å². The number of nitrogens with two attached hydrogens (primary N) is 1. The number of rotatable bonds is 4. The SMILES string of the molecule is CN(Cc1c(F)cccc1Cl)C(=O)C1CCCCC1CN. The first kappa shape index (κ1) is 16.2. The molecule has 21 heavy (non-hydrogen) atoms. The van der Waals surface area contributed by atoms with Gasteiger partial charge in [0.15, 0.2) is 0 Å². The van der Waals surface area contributed by atoms with Crippen LogP contribution in [0.5, 0.6) is 0 Å². The van der Waals surface area contributed by atoms with Gasteiger partial charge < -0.3 is 10.6 Å². The molecule has 2 unspecified atom stereocenters. The van der Waals surface area contributed by atoms with Crippen molar-refractivity contribution in [2.24, 2.45) is 17.6 Å². The molecule has 1 aliphatic carbocycles. The molecule has 2 rings (SSSR count). The number of benzene rings is 1. The average Bonchev–Trinajstić information content (AvgIpc) is 2.50. The third kappa shape index (κ3) is 3.74. The van der Waals surface area contributed by atoms with Gasteiger partial charge in [0.05, 0.1) is 0 Å². The number of halogens is 2. The normalized spacial score (nSPS) is 22.1. The summed E-state index contributed by atoms with van der Waals surface area (Å²) in [5.41, 5.74) is 6.15. The lowest BCUT2D eigenvalue weighted by Crippen LogP contribution is -2.40. The van der Waals surface area contributed by atoms with E-state index < -0.39 is 0 Å². The predicted octanol–water partition coefficient (Wildman–Crippen LogP) is 3.20. The number of carbonyl (C=O) groups excluding carboxylic acids is 1. The van der Waals surface area contributed by atoms with Crippen LogP contribution in [-0.4, -0.2) is 24.4 Å². The molecule has 0 radical (unpaired) electrons. The highest BCUT2D eigenvalue weighted by molar-refractivity contribution is 6.31. The Labute approximate surface area is 130 Å². The lowest BCUT2D eigenvalue weighted by Gasteiger charge is -2.32. The molecule has 2 atom stereocenters. The summed E-state index contributed by atoms with van der Waals surface area (Å²) in [5, 5.41) is 0.355. The molecule has 0 saturated heterocycles. The Morgan fingerprint density at radius 3 is 2.81 bits per heavy atom. The maximum absolute atomic E-state index is 13.8. The van der Waals surface area contributed by atoms with Gasteiger partial charge in [0.25, 0.3) is 0 Å². The van der Waals surface area contributed by atoms with Crippen molar-refractivity contribution in [1.29, 1.82) is 0 Å². The fraction of sp³-hybridized carbons (Fsp3) is 0.562. The molecule has 2 N–H and O–H groups in total. The smallest absolute Gasteiger partial charge is 0.226 e. The van der Waals surface area contributed by atoms with Crippen LogP contribution in [0.25, 0.3) is 0 Å². The maximum atomic E-state index is 13.8. The highest BCUT2D eigenvalue weighted by atomic mass is 35.5. The van der Waals surface area contributed by atoms with E-state index in [4.69, 9.17) is 17.3 Å². The van der Waals surface area contributed by atoms with Crippen molar-refractivity contribution >= 4 is 17.5 Å². The lowest BCUT2D eigenvalue weighted by atomic mass is 9.78. The first-order valence-corrected chi connectivity index (χ1v) is 7.80. The Morgan fingerprint density at radius 1 is 1.43 bits per heavy atom. The van der Waals surface area contributed by atoms with Crippen LogP contribution in [0.1, 0.15) is 31.2 Å². The summed E-state index contributed by atoms with van der Waals surface area (Å²) >= 11 is 6.02. The van der Waals surface area contributed by atoms with Crippen LogP contribution in [-0.2, 0) is 11.3 Å². The molecule has 1 fully saturated rings. The van der Waals surface area contributed by atoms with E-state index in [1.165, 1.54) is 6.07 Å². The molecule has 1 aromatic carbocycles. The van der Waals surface area contributed by atoms with E-state index in [0.29, 0.717) is 17.1 Å². The Bertz CT molecular complexity index is 489. The van der Waals surface area contributed by atoms with E-state index in [9.17, 15) is 9.18 Å². The maximum Gasteiger partial charge on any atom is 0.226 e. The molecule has 0 aliphatic heterocycles. The summed E-state index contributed by atoms with van der Waals surface area (Å²) in [6.07, 6.45) is 4.06. The zero-order valence-electron chi connectivity index (χ0n) is 12.3. The van der Waals surface area contributed by atoms with Crippen LogP contribution in [0.15, 0.2) is 18.2 Å². The summed E-state index contributed by atoms with van der Waals surface area (Å²) in [4.78, 5) is 14.2. The molecule has 1 saturated carbocycles. The van der Waals surface area contributed by atoms with Gasteiger partial charge in [-0.25, -0.2) is 4.39 Å². The third-order valence-electron chi connectivity index (χ3n) is 4.36. The van der Waals surface area contributed by atoms with E-state index in [-0.39, 0.29) is 30.1 Å². The summed E-state index contributed by atoms with van der Waals surface area (Å²) < 4.78 is 13.8. The fourth-order valence-corrected chi connectivity index (χ4v) is 3.32. The Morgan fingerprint density at radius 2 is 2.14 bits per heavy atom. The molecule has 1 amide bonds. The van der Waals surface area contributed by atoms with Gasteiger partial charge in [-0.2, -0.15) is 0 Å². The Hall–Kier alpha value is -1.13. The van der Waals surface area contributed by atoms with Gasteiger partial charge >= 0.3 is 0 Å². The van der Waals surface area contributed by atoms with Gasteiger partial charge in [0, 0.05) is 30.1 Å². The first-order chi connectivity index (χ1) is 10.0. The van der Waals surface area contributed by atoms with Crippen molar-refractivity contribution < 1.29 is 9.18 Å². The molecule has 1 aliphatic rings. The quantitative estimate of drug-likeness (QED) is 0.928. The van der Waals surface area contributed by atoms with Crippen molar-refractivity contribution in [1.82, 2.24) is 4.90 Å². The number of nitrogens with zero attached hydrogens (tertiary/aromatic N) is 1. The van der Waals surface area contributed by atoms with Gasteiger partial charge in [0.2, 0.25) is 5.91 Å². The van der Waals surface area contributed by atoms with Gasteiger partial charge in [-0.15, -0.1) is 0 Å². The minimum absolute atomic E-state index is 0.0423. The number of carbonyl (C=O) groups is 1. The van der Waals surface area contributed by atoms with Gasteiger partial charge in [-0.05, 0) is 37.4 Å². The summed E-state index contributed by atoms with van der Waals surface area (Å²) in [5.74, 6) is -0.130. The fourth-order valence-electron chi connectivity index (χ4n) is 3.10. The first-order valence-electron chi connectivity index (χ1n) is 7.42. The molecular formula is C16H22ClFN2O. The zero-order valence-corrected chi connectivity index (χ0v) is 13.1. The molecule has 0 bridgehead atoms. The van der Waals surface area contributed by atoms with Crippen LogP contribution in [0.4, 0.5) is 4.39 Å². The average molecular weight is 313 g/mol. The minimum atomic E-state index is -0.374. The van der Waals surface area contributed by atoms with Crippen molar-refractivity contribution in [3.63, 3.8) is 0 Å². The number of hydrogen-bond donors (Lipinski definition) is 1. The monoisotopic (exact) mass is 312 g/mol.